The quantitative estimate of drug-likeness (QED) is 0.817. The van der Waals surface area contributed by atoms with Crippen LogP contribution in [-0.2, 0) is 10.0 Å². The van der Waals surface area contributed by atoms with Gasteiger partial charge in [-0.1, -0.05) is 0 Å². The molecule has 4 nitrogen and oxygen atoms in total. The van der Waals surface area contributed by atoms with Crippen molar-refractivity contribution in [3.8, 4) is 6.07 Å². The van der Waals surface area contributed by atoms with Gasteiger partial charge in [-0.2, -0.15) is 5.26 Å². The first kappa shape index (κ1) is 10.5. The van der Waals surface area contributed by atoms with E-state index in [2.05, 4.69) is 4.72 Å². The third-order valence-electron chi connectivity index (χ3n) is 1.67. The maximum atomic E-state index is 11.1. The fourth-order valence-corrected chi connectivity index (χ4v) is 1.50. The standard InChI is InChI=1S/C9H10N2O2S/c1-2-14(12,13)11-9-5-3-8(7-10)4-6-9/h3-6,11H,2H2,1H3. The second kappa shape index (κ2) is 4.11. The Hall–Kier alpha value is -1.54. The van der Waals surface area contributed by atoms with Gasteiger partial charge in [0, 0.05) is 5.69 Å². The van der Waals surface area contributed by atoms with E-state index in [0.29, 0.717) is 11.3 Å². The molecule has 14 heavy (non-hydrogen) atoms. The molecule has 0 bridgehead atoms. The van der Waals surface area contributed by atoms with Gasteiger partial charge < -0.3 is 0 Å². The maximum Gasteiger partial charge on any atom is 0.232 e. The number of hydrogen-bond acceptors (Lipinski definition) is 3. The summed E-state index contributed by atoms with van der Waals surface area (Å²) in [7, 11) is -3.23. The Labute approximate surface area is 83.2 Å². The lowest BCUT2D eigenvalue weighted by Crippen LogP contribution is -2.14. The van der Waals surface area contributed by atoms with E-state index in [1.165, 1.54) is 0 Å². The summed E-state index contributed by atoms with van der Waals surface area (Å²) in [5.74, 6) is 0.0347. The molecule has 0 saturated carbocycles. The molecule has 0 aromatic heterocycles. The van der Waals surface area contributed by atoms with E-state index in [1.54, 1.807) is 31.2 Å². The molecule has 0 amide bonds. The molecule has 0 aliphatic carbocycles. The summed E-state index contributed by atoms with van der Waals surface area (Å²) in [5, 5.41) is 8.52. The summed E-state index contributed by atoms with van der Waals surface area (Å²) in [6.45, 7) is 1.56. The number of nitrogens with one attached hydrogen (secondary N) is 1. The van der Waals surface area contributed by atoms with Crippen molar-refractivity contribution >= 4 is 15.7 Å². The van der Waals surface area contributed by atoms with Crippen LogP contribution < -0.4 is 4.72 Å². The molecule has 0 heterocycles. The first-order valence-electron chi connectivity index (χ1n) is 4.08. The zero-order chi connectivity index (χ0) is 10.6. The molecule has 0 saturated heterocycles. The third kappa shape index (κ3) is 2.75. The normalized spacial score (nSPS) is 10.6. The molecule has 0 spiro atoms. The van der Waals surface area contributed by atoms with E-state index in [9.17, 15) is 8.42 Å². The fraction of sp³-hybridized carbons (Fsp3) is 0.222. The van der Waals surface area contributed by atoms with E-state index in [1.807, 2.05) is 6.07 Å². The van der Waals surface area contributed by atoms with Gasteiger partial charge in [-0.25, -0.2) is 8.42 Å². The Bertz CT molecular complexity index is 443. The van der Waals surface area contributed by atoms with Crippen molar-refractivity contribution in [3.05, 3.63) is 29.8 Å². The Morgan fingerprint density at radius 1 is 1.36 bits per heavy atom. The lowest BCUT2D eigenvalue weighted by molar-refractivity contribution is 0.602. The second-order valence-electron chi connectivity index (χ2n) is 2.69. The zero-order valence-corrected chi connectivity index (χ0v) is 8.50. The Morgan fingerprint density at radius 2 is 1.93 bits per heavy atom. The fourth-order valence-electron chi connectivity index (χ4n) is 0.865. The van der Waals surface area contributed by atoms with Gasteiger partial charge in [0.2, 0.25) is 10.0 Å². The average molecular weight is 210 g/mol. The van der Waals surface area contributed by atoms with Crippen LogP contribution in [0.15, 0.2) is 24.3 Å². The van der Waals surface area contributed by atoms with Crippen LogP contribution in [-0.4, -0.2) is 14.2 Å². The second-order valence-corrected chi connectivity index (χ2v) is 4.71. The van der Waals surface area contributed by atoms with Crippen LogP contribution in [0.5, 0.6) is 0 Å². The monoisotopic (exact) mass is 210 g/mol. The van der Waals surface area contributed by atoms with Crippen LogP contribution in [0.4, 0.5) is 5.69 Å². The highest BCUT2D eigenvalue weighted by atomic mass is 32.2. The van der Waals surface area contributed by atoms with Crippen LogP contribution in [0.2, 0.25) is 0 Å². The first-order chi connectivity index (χ1) is 6.57. The van der Waals surface area contributed by atoms with Crippen molar-refractivity contribution in [1.29, 1.82) is 5.26 Å². The average Bonchev–Trinajstić information content (AvgIpc) is 2.19. The number of benzene rings is 1. The van der Waals surface area contributed by atoms with Crippen molar-refractivity contribution in [3.63, 3.8) is 0 Å². The van der Waals surface area contributed by atoms with Gasteiger partial charge in [0.15, 0.2) is 0 Å². The summed E-state index contributed by atoms with van der Waals surface area (Å²) in [5.41, 5.74) is 0.982. The molecule has 1 aromatic rings. The zero-order valence-electron chi connectivity index (χ0n) is 7.69. The number of sulfonamides is 1. The van der Waals surface area contributed by atoms with Gasteiger partial charge >= 0.3 is 0 Å². The molecule has 0 radical (unpaired) electrons. The summed E-state index contributed by atoms with van der Waals surface area (Å²) >= 11 is 0. The van der Waals surface area contributed by atoms with Crippen molar-refractivity contribution in [2.75, 3.05) is 10.5 Å². The van der Waals surface area contributed by atoms with E-state index in [4.69, 9.17) is 5.26 Å². The molecule has 74 valence electrons. The van der Waals surface area contributed by atoms with Gasteiger partial charge in [-0.15, -0.1) is 0 Å². The molecule has 1 N–H and O–H groups in total. The minimum atomic E-state index is -3.23. The van der Waals surface area contributed by atoms with Crippen LogP contribution >= 0.6 is 0 Å². The summed E-state index contributed by atoms with van der Waals surface area (Å²) in [4.78, 5) is 0. The number of rotatable bonds is 3. The van der Waals surface area contributed by atoms with Crippen LogP contribution in [0.1, 0.15) is 12.5 Å². The van der Waals surface area contributed by atoms with Crippen molar-refractivity contribution in [2.45, 2.75) is 6.92 Å². The molecule has 0 atom stereocenters. The smallest absolute Gasteiger partial charge is 0.232 e. The molecule has 5 heteroatoms. The van der Waals surface area contributed by atoms with Crippen molar-refractivity contribution in [1.82, 2.24) is 0 Å². The number of nitriles is 1. The van der Waals surface area contributed by atoms with Crippen LogP contribution in [0.3, 0.4) is 0 Å². The van der Waals surface area contributed by atoms with Gasteiger partial charge in [0.25, 0.3) is 0 Å². The van der Waals surface area contributed by atoms with E-state index < -0.39 is 10.0 Å². The molecule has 0 aliphatic heterocycles. The van der Waals surface area contributed by atoms with E-state index >= 15 is 0 Å². The number of nitrogens with zero attached hydrogens (tertiary/aromatic N) is 1. The van der Waals surface area contributed by atoms with E-state index in [-0.39, 0.29) is 5.75 Å². The number of anilines is 1. The largest absolute Gasteiger partial charge is 0.284 e. The minimum Gasteiger partial charge on any atom is -0.284 e. The van der Waals surface area contributed by atoms with Gasteiger partial charge in [0.05, 0.1) is 17.4 Å². The summed E-state index contributed by atoms with van der Waals surface area (Å²) in [6.07, 6.45) is 0. The maximum absolute atomic E-state index is 11.1. The Balaban J connectivity index is 2.86. The van der Waals surface area contributed by atoms with Gasteiger partial charge in [0.1, 0.15) is 0 Å². The lowest BCUT2D eigenvalue weighted by atomic mass is 10.2. The molecule has 1 aromatic carbocycles. The summed E-state index contributed by atoms with van der Waals surface area (Å²) in [6, 6.07) is 8.20. The van der Waals surface area contributed by atoms with Crippen molar-refractivity contribution < 1.29 is 8.42 Å². The number of hydrogen-bond donors (Lipinski definition) is 1. The first-order valence-corrected chi connectivity index (χ1v) is 5.73. The molecule has 0 fully saturated rings. The highest BCUT2D eigenvalue weighted by Crippen LogP contribution is 2.10. The topological polar surface area (TPSA) is 70.0 Å². The third-order valence-corrected chi connectivity index (χ3v) is 2.97. The molecular weight excluding hydrogens is 200 g/mol. The van der Waals surface area contributed by atoms with Crippen molar-refractivity contribution in [2.24, 2.45) is 0 Å². The molecule has 1 rings (SSSR count). The van der Waals surface area contributed by atoms with Gasteiger partial charge in [-0.05, 0) is 31.2 Å². The predicted molar refractivity (Wildman–Crippen MR) is 54.2 cm³/mol. The van der Waals surface area contributed by atoms with Crippen LogP contribution in [0, 0.1) is 11.3 Å². The Kier molecular flexibility index (Phi) is 3.10. The summed E-state index contributed by atoms with van der Waals surface area (Å²) < 4.78 is 24.7. The molecule has 0 unspecified atom stereocenters. The predicted octanol–water partition coefficient (Wildman–Crippen LogP) is 1.32. The molecular formula is C9H10N2O2S. The van der Waals surface area contributed by atoms with Gasteiger partial charge in [-0.3, -0.25) is 4.72 Å². The van der Waals surface area contributed by atoms with Crippen LogP contribution in [0.25, 0.3) is 0 Å². The Morgan fingerprint density at radius 3 is 2.36 bits per heavy atom. The molecule has 0 aliphatic rings. The van der Waals surface area contributed by atoms with E-state index in [0.717, 1.165) is 0 Å². The SMILES string of the molecule is CCS(=O)(=O)Nc1ccc(C#N)cc1. The minimum absolute atomic E-state index is 0.0347. The highest BCUT2D eigenvalue weighted by Gasteiger charge is 2.05. The highest BCUT2D eigenvalue weighted by molar-refractivity contribution is 7.92. The lowest BCUT2D eigenvalue weighted by Gasteiger charge is -2.04.